The minimum absolute atomic E-state index is 0.0196. The van der Waals surface area contributed by atoms with Crippen LogP contribution in [0.3, 0.4) is 0 Å². The van der Waals surface area contributed by atoms with Gasteiger partial charge in [-0.25, -0.2) is 0 Å². The summed E-state index contributed by atoms with van der Waals surface area (Å²) < 4.78 is 5.66. The molecule has 0 aromatic carbocycles. The van der Waals surface area contributed by atoms with E-state index in [9.17, 15) is 5.11 Å². The van der Waals surface area contributed by atoms with Gasteiger partial charge in [-0.15, -0.1) is 0 Å². The van der Waals surface area contributed by atoms with E-state index in [-0.39, 0.29) is 18.2 Å². The van der Waals surface area contributed by atoms with E-state index in [0.29, 0.717) is 6.04 Å². The Bertz CT molecular complexity index is 178. The predicted octanol–water partition coefficient (Wildman–Crippen LogP) is 0.668. The van der Waals surface area contributed by atoms with Gasteiger partial charge in [0.15, 0.2) is 0 Å². The van der Waals surface area contributed by atoms with Gasteiger partial charge in [-0.05, 0) is 19.8 Å². The smallest absolute Gasteiger partial charge is 0.0987 e. The zero-order chi connectivity index (χ0) is 9.31. The van der Waals surface area contributed by atoms with Crippen LogP contribution in [-0.4, -0.2) is 36.0 Å². The van der Waals surface area contributed by atoms with Crippen LogP contribution in [0, 0.1) is 0 Å². The van der Waals surface area contributed by atoms with Gasteiger partial charge in [-0.1, -0.05) is 12.8 Å². The molecule has 0 aromatic heterocycles. The Morgan fingerprint density at radius 3 is 2.77 bits per heavy atom. The van der Waals surface area contributed by atoms with Gasteiger partial charge in [0.1, 0.15) is 0 Å². The maximum Gasteiger partial charge on any atom is 0.0987 e. The molecule has 0 aromatic rings. The third-order valence-corrected chi connectivity index (χ3v) is 3.36. The molecular formula is C10H19NO2. The first kappa shape index (κ1) is 9.44. The molecule has 2 aliphatic rings. The van der Waals surface area contributed by atoms with Crippen molar-refractivity contribution in [3.05, 3.63) is 0 Å². The average Bonchev–Trinajstić information content (AvgIpc) is 2.54. The molecule has 1 saturated carbocycles. The maximum absolute atomic E-state index is 9.24. The van der Waals surface area contributed by atoms with Gasteiger partial charge in [0, 0.05) is 11.6 Å². The Hall–Kier alpha value is -0.120. The Labute approximate surface area is 79.5 Å². The van der Waals surface area contributed by atoms with Crippen molar-refractivity contribution >= 4 is 0 Å². The van der Waals surface area contributed by atoms with Crippen molar-refractivity contribution in [1.29, 1.82) is 0 Å². The molecule has 0 amide bonds. The van der Waals surface area contributed by atoms with Gasteiger partial charge >= 0.3 is 0 Å². The van der Waals surface area contributed by atoms with Crippen molar-refractivity contribution in [2.75, 3.05) is 13.2 Å². The summed E-state index contributed by atoms with van der Waals surface area (Å²) in [5.41, 5.74) is 0.0897. The van der Waals surface area contributed by atoms with E-state index < -0.39 is 0 Å². The highest BCUT2D eigenvalue weighted by molar-refractivity contribution is 5.02. The summed E-state index contributed by atoms with van der Waals surface area (Å²) in [5, 5.41) is 12.8. The second-order valence-electron chi connectivity index (χ2n) is 4.41. The van der Waals surface area contributed by atoms with Gasteiger partial charge in [-0.3, -0.25) is 0 Å². The van der Waals surface area contributed by atoms with Crippen molar-refractivity contribution in [3.8, 4) is 0 Å². The molecule has 1 heterocycles. The highest BCUT2D eigenvalue weighted by Crippen LogP contribution is 2.36. The Balaban J connectivity index is 2.10. The fourth-order valence-electron chi connectivity index (χ4n) is 2.75. The SMILES string of the molecule is CC1COC(CO)C2(CCCC2)N1. The van der Waals surface area contributed by atoms with E-state index in [0.717, 1.165) is 19.4 Å². The van der Waals surface area contributed by atoms with Crippen LogP contribution in [-0.2, 0) is 4.74 Å². The van der Waals surface area contributed by atoms with Crippen molar-refractivity contribution < 1.29 is 9.84 Å². The Kier molecular flexibility index (Phi) is 2.58. The minimum Gasteiger partial charge on any atom is -0.394 e. The van der Waals surface area contributed by atoms with Crippen molar-refractivity contribution in [2.45, 2.75) is 50.3 Å². The van der Waals surface area contributed by atoms with Crippen LogP contribution in [0.4, 0.5) is 0 Å². The third kappa shape index (κ3) is 1.60. The van der Waals surface area contributed by atoms with Gasteiger partial charge in [0.2, 0.25) is 0 Å². The summed E-state index contributed by atoms with van der Waals surface area (Å²) in [6, 6.07) is 0.431. The summed E-state index contributed by atoms with van der Waals surface area (Å²) in [6.45, 7) is 3.03. The Morgan fingerprint density at radius 2 is 2.15 bits per heavy atom. The fraction of sp³-hybridized carbons (Fsp3) is 1.00. The number of ether oxygens (including phenoxy) is 1. The summed E-state index contributed by atoms with van der Waals surface area (Å²) in [6.07, 6.45) is 4.86. The molecule has 1 spiro atoms. The van der Waals surface area contributed by atoms with Crippen molar-refractivity contribution in [1.82, 2.24) is 5.32 Å². The summed E-state index contributed by atoms with van der Waals surface area (Å²) in [7, 11) is 0. The van der Waals surface area contributed by atoms with E-state index in [4.69, 9.17) is 4.74 Å². The number of aliphatic hydroxyl groups is 1. The number of morpholine rings is 1. The normalized spacial score (nSPS) is 38.3. The zero-order valence-corrected chi connectivity index (χ0v) is 8.25. The lowest BCUT2D eigenvalue weighted by atomic mass is 9.88. The zero-order valence-electron chi connectivity index (χ0n) is 8.25. The fourth-order valence-corrected chi connectivity index (χ4v) is 2.75. The maximum atomic E-state index is 9.24. The lowest BCUT2D eigenvalue weighted by Crippen LogP contribution is -2.63. The molecule has 0 radical (unpaired) electrons. The van der Waals surface area contributed by atoms with Crippen LogP contribution in [0.5, 0.6) is 0 Å². The van der Waals surface area contributed by atoms with Crippen LogP contribution in [0.1, 0.15) is 32.6 Å². The molecule has 1 aliphatic carbocycles. The molecule has 2 rings (SSSR count). The predicted molar refractivity (Wildman–Crippen MR) is 50.6 cm³/mol. The van der Waals surface area contributed by atoms with Crippen molar-refractivity contribution in [3.63, 3.8) is 0 Å². The number of nitrogens with one attached hydrogen (secondary N) is 1. The molecule has 2 unspecified atom stereocenters. The summed E-state index contributed by atoms with van der Waals surface area (Å²) >= 11 is 0. The van der Waals surface area contributed by atoms with Gasteiger partial charge in [0.05, 0.1) is 19.3 Å². The van der Waals surface area contributed by atoms with E-state index in [1.807, 2.05) is 0 Å². The number of hydrogen-bond donors (Lipinski definition) is 2. The van der Waals surface area contributed by atoms with E-state index >= 15 is 0 Å². The second kappa shape index (κ2) is 3.56. The van der Waals surface area contributed by atoms with E-state index in [2.05, 4.69) is 12.2 Å². The highest BCUT2D eigenvalue weighted by atomic mass is 16.5. The molecule has 2 N–H and O–H groups in total. The molecule has 3 nitrogen and oxygen atoms in total. The molecule has 1 aliphatic heterocycles. The molecule has 3 heteroatoms. The largest absolute Gasteiger partial charge is 0.394 e. The highest BCUT2D eigenvalue weighted by Gasteiger charge is 2.45. The molecule has 2 atom stereocenters. The molecule has 0 bridgehead atoms. The molecular weight excluding hydrogens is 166 g/mol. The number of rotatable bonds is 1. The lowest BCUT2D eigenvalue weighted by molar-refractivity contribution is -0.0898. The van der Waals surface area contributed by atoms with E-state index in [1.54, 1.807) is 0 Å². The minimum atomic E-state index is 0.0196. The standard InChI is InChI=1S/C10H19NO2/c1-8-7-13-9(6-12)10(11-8)4-2-3-5-10/h8-9,11-12H,2-7H2,1H3. The third-order valence-electron chi connectivity index (χ3n) is 3.36. The van der Waals surface area contributed by atoms with Crippen LogP contribution < -0.4 is 5.32 Å². The van der Waals surface area contributed by atoms with Gasteiger partial charge in [0.25, 0.3) is 0 Å². The Morgan fingerprint density at radius 1 is 1.46 bits per heavy atom. The molecule has 13 heavy (non-hydrogen) atoms. The van der Waals surface area contributed by atoms with Gasteiger partial charge < -0.3 is 15.2 Å². The quantitative estimate of drug-likeness (QED) is 0.631. The first-order chi connectivity index (χ1) is 6.27. The average molecular weight is 185 g/mol. The van der Waals surface area contributed by atoms with E-state index in [1.165, 1.54) is 12.8 Å². The molecule has 76 valence electrons. The first-order valence-corrected chi connectivity index (χ1v) is 5.27. The van der Waals surface area contributed by atoms with Crippen LogP contribution in [0.2, 0.25) is 0 Å². The molecule has 1 saturated heterocycles. The van der Waals surface area contributed by atoms with Crippen LogP contribution >= 0.6 is 0 Å². The summed E-state index contributed by atoms with van der Waals surface area (Å²) in [5.74, 6) is 0. The van der Waals surface area contributed by atoms with Crippen LogP contribution in [0.15, 0.2) is 0 Å². The van der Waals surface area contributed by atoms with Crippen molar-refractivity contribution in [2.24, 2.45) is 0 Å². The van der Waals surface area contributed by atoms with Gasteiger partial charge in [-0.2, -0.15) is 0 Å². The van der Waals surface area contributed by atoms with Crippen LogP contribution in [0.25, 0.3) is 0 Å². The lowest BCUT2D eigenvalue weighted by Gasteiger charge is -2.44. The monoisotopic (exact) mass is 185 g/mol. The number of aliphatic hydroxyl groups excluding tert-OH is 1. The first-order valence-electron chi connectivity index (χ1n) is 5.27. The number of hydrogen-bond acceptors (Lipinski definition) is 3. The second-order valence-corrected chi connectivity index (χ2v) is 4.41. The molecule has 2 fully saturated rings. The topological polar surface area (TPSA) is 41.5 Å². The summed E-state index contributed by atoms with van der Waals surface area (Å²) in [4.78, 5) is 0.